The smallest absolute Gasteiger partial charge is 0.407 e. The maximum absolute atomic E-state index is 12.8. The number of benzene rings is 2. The fourth-order valence-electron chi connectivity index (χ4n) is 5.17. The molecule has 34 heavy (non-hydrogen) atoms. The van der Waals surface area contributed by atoms with Gasteiger partial charge in [0.05, 0.1) is 6.42 Å². The number of amides is 2. The number of alkyl carbamates (subject to hydrolysis) is 1. The summed E-state index contributed by atoms with van der Waals surface area (Å²) in [4.78, 5) is 38.2. The lowest BCUT2D eigenvalue weighted by atomic mass is 9.95. The van der Waals surface area contributed by atoms with Crippen molar-refractivity contribution in [3.63, 3.8) is 0 Å². The van der Waals surface area contributed by atoms with Gasteiger partial charge in [0.15, 0.2) is 0 Å². The molecule has 0 spiro atoms. The molecule has 3 atom stereocenters. The van der Waals surface area contributed by atoms with Crippen LogP contribution in [0, 0.1) is 11.8 Å². The summed E-state index contributed by atoms with van der Waals surface area (Å²) < 4.78 is 5.62. The molecule has 0 radical (unpaired) electrons. The Morgan fingerprint density at radius 1 is 1.06 bits per heavy atom. The average molecular weight is 465 g/mol. The molecule has 1 aliphatic heterocycles. The molecule has 2 amide bonds. The number of aliphatic carboxylic acids is 1. The molecule has 1 heterocycles. The first-order valence-corrected chi connectivity index (χ1v) is 12.0. The van der Waals surface area contributed by atoms with E-state index in [-0.39, 0.29) is 49.2 Å². The molecule has 0 saturated carbocycles. The van der Waals surface area contributed by atoms with Crippen LogP contribution in [0.4, 0.5) is 4.79 Å². The molecule has 4 rings (SSSR count). The van der Waals surface area contributed by atoms with E-state index < -0.39 is 12.1 Å². The highest BCUT2D eigenvalue weighted by molar-refractivity contribution is 5.80. The summed E-state index contributed by atoms with van der Waals surface area (Å²) in [6, 6.07) is 16.0. The summed E-state index contributed by atoms with van der Waals surface area (Å²) in [5.74, 6) is -0.802. The molecule has 2 aromatic rings. The minimum Gasteiger partial charge on any atom is -0.481 e. The predicted molar refractivity (Wildman–Crippen MR) is 128 cm³/mol. The Bertz CT molecular complexity index is 1020. The van der Waals surface area contributed by atoms with Crippen molar-refractivity contribution in [2.24, 2.45) is 11.8 Å². The lowest BCUT2D eigenvalue weighted by Crippen LogP contribution is -2.40. The van der Waals surface area contributed by atoms with Crippen LogP contribution >= 0.6 is 0 Å². The van der Waals surface area contributed by atoms with Crippen LogP contribution in [0.5, 0.6) is 0 Å². The average Bonchev–Trinajstić information content (AvgIpc) is 3.34. The van der Waals surface area contributed by atoms with E-state index in [1.165, 1.54) is 11.1 Å². The maximum atomic E-state index is 12.8. The number of hydrogen-bond acceptors (Lipinski definition) is 4. The van der Waals surface area contributed by atoms with Crippen molar-refractivity contribution in [2.75, 3.05) is 19.7 Å². The summed E-state index contributed by atoms with van der Waals surface area (Å²) in [5, 5.41) is 11.9. The van der Waals surface area contributed by atoms with E-state index >= 15 is 0 Å². The summed E-state index contributed by atoms with van der Waals surface area (Å²) in [5.41, 5.74) is 4.64. The van der Waals surface area contributed by atoms with Crippen LogP contribution in [0.2, 0.25) is 0 Å². The molecule has 1 saturated heterocycles. The van der Waals surface area contributed by atoms with Crippen LogP contribution in [-0.2, 0) is 14.3 Å². The van der Waals surface area contributed by atoms with Gasteiger partial charge in [-0.1, -0.05) is 62.4 Å². The third kappa shape index (κ3) is 5.08. The number of carbonyl (C=O) groups is 3. The van der Waals surface area contributed by atoms with Crippen molar-refractivity contribution in [1.82, 2.24) is 10.2 Å². The van der Waals surface area contributed by atoms with Crippen molar-refractivity contribution >= 4 is 18.0 Å². The molecule has 0 unspecified atom stereocenters. The third-order valence-electron chi connectivity index (χ3n) is 7.14. The van der Waals surface area contributed by atoms with Crippen LogP contribution in [0.15, 0.2) is 48.5 Å². The molecule has 1 aliphatic carbocycles. The summed E-state index contributed by atoms with van der Waals surface area (Å²) in [6.45, 7) is 5.13. The number of fused-ring (bicyclic) bond motifs is 3. The second kappa shape index (κ2) is 10.3. The van der Waals surface area contributed by atoms with Crippen molar-refractivity contribution in [3.05, 3.63) is 59.7 Å². The summed E-state index contributed by atoms with van der Waals surface area (Å²) in [7, 11) is 0. The highest BCUT2D eigenvalue weighted by atomic mass is 16.5. The van der Waals surface area contributed by atoms with Gasteiger partial charge in [-0.3, -0.25) is 9.59 Å². The number of carboxylic acids is 1. The lowest BCUT2D eigenvalue weighted by Gasteiger charge is -2.22. The molecule has 2 N–H and O–H groups in total. The zero-order valence-electron chi connectivity index (χ0n) is 19.7. The minimum atomic E-state index is -0.838. The molecule has 0 bridgehead atoms. The van der Waals surface area contributed by atoms with Gasteiger partial charge in [-0.2, -0.15) is 0 Å². The van der Waals surface area contributed by atoms with Crippen LogP contribution in [-0.4, -0.2) is 53.7 Å². The first kappa shape index (κ1) is 23.8. The number of hydrogen-bond donors (Lipinski definition) is 2. The van der Waals surface area contributed by atoms with Gasteiger partial charge in [0.25, 0.3) is 0 Å². The number of ether oxygens (including phenoxy) is 1. The SMILES string of the molecule is CC[C@@H](CC(=O)N1C[C@@H](CC(=O)O)[C@H](C)C1)NC(=O)OCC1c2ccccc2-c2ccccc21. The predicted octanol–water partition coefficient (Wildman–Crippen LogP) is 4.26. The number of likely N-dealkylation sites (tertiary alicyclic amines) is 1. The van der Waals surface area contributed by atoms with Crippen LogP contribution in [0.25, 0.3) is 11.1 Å². The van der Waals surface area contributed by atoms with Gasteiger partial charge in [0, 0.05) is 31.5 Å². The zero-order valence-corrected chi connectivity index (χ0v) is 19.7. The van der Waals surface area contributed by atoms with Crippen molar-refractivity contribution < 1.29 is 24.2 Å². The Morgan fingerprint density at radius 3 is 2.26 bits per heavy atom. The Kier molecular flexibility index (Phi) is 7.20. The molecule has 2 aromatic carbocycles. The van der Waals surface area contributed by atoms with Gasteiger partial charge >= 0.3 is 12.1 Å². The molecule has 180 valence electrons. The Balaban J connectivity index is 1.31. The van der Waals surface area contributed by atoms with E-state index in [2.05, 4.69) is 29.6 Å². The van der Waals surface area contributed by atoms with Gasteiger partial charge in [0.2, 0.25) is 5.91 Å². The largest absolute Gasteiger partial charge is 0.481 e. The number of nitrogens with one attached hydrogen (secondary N) is 1. The second-order valence-electron chi connectivity index (χ2n) is 9.41. The van der Waals surface area contributed by atoms with Gasteiger partial charge in [-0.15, -0.1) is 0 Å². The Hall–Kier alpha value is -3.35. The van der Waals surface area contributed by atoms with Crippen molar-refractivity contribution in [1.29, 1.82) is 0 Å². The van der Waals surface area contributed by atoms with Crippen LogP contribution in [0.3, 0.4) is 0 Å². The molecule has 7 nitrogen and oxygen atoms in total. The monoisotopic (exact) mass is 464 g/mol. The van der Waals surface area contributed by atoms with Crippen LogP contribution in [0.1, 0.15) is 50.2 Å². The molecule has 0 aromatic heterocycles. The van der Waals surface area contributed by atoms with E-state index in [0.29, 0.717) is 19.5 Å². The van der Waals surface area contributed by atoms with Gasteiger partial charge in [0.1, 0.15) is 6.61 Å². The van der Waals surface area contributed by atoms with Crippen LogP contribution < -0.4 is 5.32 Å². The van der Waals surface area contributed by atoms with Crippen molar-refractivity contribution in [3.8, 4) is 11.1 Å². The van der Waals surface area contributed by atoms with E-state index in [0.717, 1.165) is 11.1 Å². The normalized spacial score (nSPS) is 19.9. The highest BCUT2D eigenvalue weighted by Gasteiger charge is 2.34. The molecule has 1 fully saturated rings. The minimum absolute atomic E-state index is 0.0166. The maximum Gasteiger partial charge on any atom is 0.407 e. The molecule has 7 heteroatoms. The Labute approximate surface area is 200 Å². The Morgan fingerprint density at radius 2 is 1.68 bits per heavy atom. The standard InChI is InChI=1S/C27H32N2O5/c1-3-19(13-25(30)29-14-17(2)18(15-29)12-26(31)32)28-27(33)34-16-24-22-10-6-4-8-20(22)21-9-5-7-11-23(21)24/h4-11,17-19,24H,3,12-16H2,1-2H3,(H,28,33)(H,31,32)/t17-,18-,19+/m1/s1. The number of rotatable bonds is 8. The number of carbonyl (C=O) groups excluding carboxylic acids is 2. The first-order valence-electron chi connectivity index (χ1n) is 12.0. The molecular formula is C27H32N2O5. The summed E-state index contributed by atoms with van der Waals surface area (Å²) >= 11 is 0. The quantitative estimate of drug-likeness (QED) is 0.609. The van der Waals surface area contributed by atoms with Gasteiger partial charge < -0.3 is 20.1 Å². The first-order chi connectivity index (χ1) is 16.4. The van der Waals surface area contributed by atoms with Gasteiger partial charge in [-0.05, 0) is 40.5 Å². The lowest BCUT2D eigenvalue weighted by molar-refractivity contribution is -0.138. The highest BCUT2D eigenvalue weighted by Crippen LogP contribution is 2.44. The fourth-order valence-corrected chi connectivity index (χ4v) is 5.17. The van der Waals surface area contributed by atoms with E-state index in [1.54, 1.807) is 4.90 Å². The van der Waals surface area contributed by atoms with Gasteiger partial charge in [-0.25, -0.2) is 4.79 Å². The number of nitrogens with zero attached hydrogens (tertiary/aromatic N) is 1. The van der Waals surface area contributed by atoms with E-state index in [1.807, 2.05) is 38.1 Å². The topological polar surface area (TPSA) is 95.9 Å². The van der Waals surface area contributed by atoms with Crippen molar-refractivity contribution in [2.45, 2.75) is 45.1 Å². The fraction of sp³-hybridized carbons (Fsp3) is 0.444. The van der Waals surface area contributed by atoms with E-state index in [9.17, 15) is 14.4 Å². The number of carboxylic acid groups (broad SMARTS) is 1. The third-order valence-corrected chi connectivity index (χ3v) is 7.14. The zero-order chi connectivity index (χ0) is 24.2. The second-order valence-corrected chi connectivity index (χ2v) is 9.41. The molecule has 2 aliphatic rings. The molecular weight excluding hydrogens is 432 g/mol. The van der Waals surface area contributed by atoms with E-state index in [4.69, 9.17) is 9.84 Å². The summed E-state index contributed by atoms with van der Waals surface area (Å²) in [6.07, 6.45) is 0.311.